The van der Waals surface area contributed by atoms with E-state index in [2.05, 4.69) is 41.5 Å². The maximum Gasteiger partial charge on any atom is 0.136 e. The van der Waals surface area contributed by atoms with E-state index in [1.54, 1.807) is 26.6 Å². The van der Waals surface area contributed by atoms with Crippen molar-refractivity contribution in [2.24, 2.45) is 5.73 Å². The van der Waals surface area contributed by atoms with E-state index in [4.69, 9.17) is 20.2 Å². The zero-order chi connectivity index (χ0) is 30.9. The lowest BCUT2D eigenvalue weighted by molar-refractivity contribution is 0.415. The van der Waals surface area contributed by atoms with Gasteiger partial charge in [0.2, 0.25) is 0 Å². The first-order valence-electron chi connectivity index (χ1n) is 14.2. The van der Waals surface area contributed by atoms with Gasteiger partial charge in [0.05, 0.1) is 36.6 Å². The number of ether oxygens (including phenoxy) is 2. The van der Waals surface area contributed by atoms with Crippen LogP contribution in [-0.4, -0.2) is 54.3 Å². The third-order valence-corrected chi connectivity index (χ3v) is 7.36. The monoisotopic (exact) mass is 651 g/mol. The van der Waals surface area contributed by atoms with Gasteiger partial charge in [0.15, 0.2) is 0 Å². The maximum atomic E-state index is 5.59. The van der Waals surface area contributed by atoms with Crippen LogP contribution < -0.4 is 25.8 Å². The minimum atomic E-state index is 0.644. The summed E-state index contributed by atoms with van der Waals surface area (Å²) in [4.78, 5) is 18.4. The first kappa shape index (κ1) is 30.7. The zero-order valence-corrected chi connectivity index (χ0v) is 26.4. The summed E-state index contributed by atoms with van der Waals surface area (Å²) in [6.07, 6.45) is 4.47. The van der Waals surface area contributed by atoms with Gasteiger partial charge < -0.3 is 25.8 Å². The molecule has 0 saturated heterocycles. The van der Waals surface area contributed by atoms with Gasteiger partial charge in [-0.3, -0.25) is 9.97 Å². The number of methoxy groups -OCH3 is 2. The number of aromatic nitrogens is 4. The summed E-state index contributed by atoms with van der Waals surface area (Å²) in [5.74, 6) is 3.31. The van der Waals surface area contributed by atoms with Crippen LogP contribution in [0.3, 0.4) is 0 Å². The Bertz CT molecular complexity index is 1850. The van der Waals surface area contributed by atoms with Crippen molar-refractivity contribution in [3.63, 3.8) is 0 Å². The molecule has 0 aliphatic carbocycles. The number of hydrogen-bond acceptors (Lipinski definition) is 9. The summed E-state index contributed by atoms with van der Waals surface area (Å²) in [5.41, 5.74) is 11.2. The van der Waals surface area contributed by atoms with Gasteiger partial charge in [-0.15, -0.1) is 0 Å². The van der Waals surface area contributed by atoms with E-state index in [-0.39, 0.29) is 0 Å². The van der Waals surface area contributed by atoms with Gasteiger partial charge in [-0.25, -0.2) is 9.97 Å². The highest BCUT2D eigenvalue weighted by Crippen LogP contribution is 2.30. The Labute approximate surface area is 265 Å². The molecule has 0 spiro atoms. The summed E-state index contributed by atoms with van der Waals surface area (Å²) in [5, 5.41) is 8.50. The van der Waals surface area contributed by atoms with Gasteiger partial charge >= 0.3 is 0 Å². The molecule has 2 aromatic carbocycles. The Morgan fingerprint density at radius 3 is 1.91 bits per heavy atom. The number of nitrogens with two attached hydrogens (primary N) is 1. The lowest BCUT2D eigenvalue weighted by Gasteiger charge is -2.11. The van der Waals surface area contributed by atoms with E-state index in [0.717, 1.165) is 84.9 Å². The maximum absolute atomic E-state index is 5.59. The van der Waals surface area contributed by atoms with Gasteiger partial charge in [0.25, 0.3) is 0 Å². The summed E-state index contributed by atoms with van der Waals surface area (Å²) >= 11 is 3.48. The number of benzene rings is 2. The molecule has 4 N–H and O–H groups in total. The van der Waals surface area contributed by atoms with Crippen LogP contribution in [0.1, 0.15) is 6.42 Å². The fourth-order valence-corrected chi connectivity index (χ4v) is 4.96. The molecule has 224 valence electrons. The third kappa shape index (κ3) is 7.21. The standard InChI is InChI=1S/C18H19BrN4O.C16H15N3O/c1-24-14-5-3-12(4-6-14)16-10-17-15(9-13(19)11-22-17)18(23-16)21-8-2-7-20;1-17-16-13-4-3-9-18-15(13)10-14(19-16)11-5-7-12(20-2)8-6-11/h3-6,9-11H,2,7-8,20H2,1H3,(H,21,23);3-10H,1-2H3,(H,17,19). The van der Waals surface area contributed by atoms with Crippen molar-refractivity contribution in [1.29, 1.82) is 0 Å². The van der Waals surface area contributed by atoms with E-state index >= 15 is 0 Å². The summed E-state index contributed by atoms with van der Waals surface area (Å²) in [7, 11) is 5.18. The number of nitrogens with one attached hydrogen (secondary N) is 2. The molecule has 0 atom stereocenters. The molecule has 6 rings (SSSR count). The molecule has 4 aromatic heterocycles. The van der Waals surface area contributed by atoms with Crippen molar-refractivity contribution in [2.75, 3.05) is 45.0 Å². The molecular formula is C34H34BrN7O2. The van der Waals surface area contributed by atoms with Crippen molar-refractivity contribution < 1.29 is 9.47 Å². The van der Waals surface area contributed by atoms with Gasteiger partial charge in [-0.2, -0.15) is 0 Å². The molecule has 0 amide bonds. The summed E-state index contributed by atoms with van der Waals surface area (Å²) in [6, 6.07) is 25.6. The first-order valence-corrected chi connectivity index (χ1v) is 14.9. The summed E-state index contributed by atoms with van der Waals surface area (Å²) in [6.45, 7) is 1.42. The second-order valence-corrected chi connectivity index (χ2v) is 10.7. The molecule has 10 heteroatoms. The predicted octanol–water partition coefficient (Wildman–Crippen LogP) is 7.18. The Morgan fingerprint density at radius 1 is 0.750 bits per heavy atom. The number of fused-ring (bicyclic) bond motifs is 2. The van der Waals surface area contributed by atoms with Crippen LogP contribution in [0.4, 0.5) is 11.6 Å². The number of nitrogens with zero attached hydrogens (tertiary/aromatic N) is 4. The van der Waals surface area contributed by atoms with E-state index in [9.17, 15) is 0 Å². The molecule has 0 radical (unpaired) electrons. The number of halogens is 1. The van der Waals surface area contributed by atoms with Crippen LogP contribution in [0.15, 0.2) is 95.7 Å². The Morgan fingerprint density at radius 2 is 1.34 bits per heavy atom. The lowest BCUT2D eigenvalue weighted by Crippen LogP contribution is -2.10. The molecule has 0 aliphatic rings. The number of anilines is 2. The van der Waals surface area contributed by atoms with Crippen LogP contribution in [-0.2, 0) is 0 Å². The fourth-order valence-electron chi connectivity index (χ4n) is 4.63. The molecule has 6 aromatic rings. The van der Waals surface area contributed by atoms with Crippen molar-refractivity contribution >= 4 is 49.4 Å². The Balaban J connectivity index is 0.000000177. The smallest absolute Gasteiger partial charge is 0.136 e. The number of pyridine rings is 4. The number of hydrogen-bond donors (Lipinski definition) is 3. The van der Waals surface area contributed by atoms with Crippen molar-refractivity contribution in [3.05, 3.63) is 95.7 Å². The molecule has 0 fully saturated rings. The van der Waals surface area contributed by atoms with Crippen molar-refractivity contribution in [2.45, 2.75) is 6.42 Å². The minimum Gasteiger partial charge on any atom is -0.497 e. The van der Waals surface area contributed by atoms with Crippen LogP contribution in [0.2, 0.25) is 0 Å². The highest BCUT2D eigenvalue weighted by atomic mass is 79.9. The van der Waals surface area contributed by atoms with Crippen molar-refractivity contribution in [1.82, 2.24) is 19.9 Å². The number of rotatable bonds is 9. The molecule has 0 aliphatic heterocycles. The van der Waals surface area contributed by atoms with E-state index in [0.29, 0.717) is 6.54 Å². The fraction of sp³-hybridized carbons (Fsp3) is 0.176. The average Bonchev–Trinajstić information content (AvgIpc) is 3.08. The second-order valence-electron chi connectivity index (χ2n) is 9.78. The largest absolute Gasteiger partial charge is 0.497 e. The molecule has 4 heterocycles. The van der Waals surface area contributed by atoms with E-state index < -0.39 is 0 Å². The Hall–Kier alpha value is -4.80. The third-order valence-electron chi connectivity index (χ3n) is 6.93. The average molecular weight is 653 g/mol. The molecule has 0 unspecified atom stereocenters. The summed E-state index contributed by atoms with van der Waals surface area (Å²) < 4.78 is 11.3. The topological polar surface area (TPSA) is 120 Å². The minimum absolute atomic E-state index is 0.644. The predicted molar refractivity (Wildman–Crippen MR) is 182 cm³/mol. The van der Waals surface area contributed by atoms with Crippen LogP contribution >= 0.6 is 15.9 Å². The van der Waals surface area contributed by atoms with Crippen LogP contribution in [0.25, 0.3) is 44.3 Å². The van der Waals surface area contributed by atoms with Crippen LogP contribution in [0.5, 0.6) is 11.5 Å². The Kier molecular flexibility index (Phi) is 10.2. The molecule has 44 heavy (non-hydrogen) atoms. The molecule has 0 bridgehead atoms. The van der Waals surface area contributed by atoms with Crippen LogP contribution in [0, 0.1) is 0 Å². The molecule has 0 saturated carbocycles. The van der Waals surface area contributed by atoms with Gasteiger partial charge in [0, 0.05) is 52.4 Å². The van der Waals surface area contributed by atoms with Gasteiger partial charge in [-0.1, -0.05) is 0 Å². The lowest BCUT2D eigenvalue weighted by atomic mass is 10.1. The molecular weight excluding hydrogens is 618 g/mol. The first-order chi connectivity index (χ1) is 21.5. The van der Waals surface area contributed by atoms with Crippen molar-refractivity contribution in [3.8, 4) is 34.0 Å². The quantitative estimate of drug-likeness (QED) is 0.140. The molecule has 9 nitrogen and oxygen atoms in total. The normalized spacial score (nSPS) is 10.7. The SMILES string of the molecule is CNc1nc(-c2ccc(OC)cc2)cc2ncccc12.COc1ccc(-c2cc3ncc(Br)cc3c(NCCCN)n2)cc1. The second kappa shape index (κ2) is 14.6. The van der Waals surface area contributed by atoms with Gasteiger partial charge in [-0.05, 0) is 108 Å². The highest BCUT2D eigenvalue weighted by Gasteiger charge is 2.10. The van der Waals surface area contributed by atoms with E-state index in [1.165, 1.54) is 0 Å². The van der Waals surface area contributed by atoms with Gasteiger partial charge in [0.1, 0.15) is 23.1 Å². The zero-order valence-electron chi connectivity index (χ0n) is 24.8. The highest BCUT2D eigenvalue weighted by molar-refractivity contribution is 9.10. The van der Waals surface area contributed by atoms with E-state index in [1.807, 2.05) is 85.9 Å².